The largest absolute Gasteiger partial charge is 0.315 e. The van der Waals surface area contributed by atoms with Gasteiger partial charge in [0.1, 0.15) is 0 Å². The van der Waals surface area contributed by atoms with E-state index in [2.05, 4.69) is 13.8 Å². The molecule has 0 aliphatic heterocycles. The van der Waals surface area contributed by atoms with Crippen LogP contribution in [0.2, 0.25) is 0 Å². The summed E-state index contributed by atoms with van der Waals surface area (Å²) in [7, 11) is -3.31. The topological polar surface area (TPSA) is 56.1 Å². The van der Waals surface area contributed by atoms with Crippen LogP contribution < -0.4 is 5.56 Å². The van der Waals surface area contributed by atoms with Crippen LogP contribution in [0.15, 0.2) is 28.0 Å². The molecule has 0 bridgehead atoms. The molecular formula is C16H25NO3S. The lowest BCUT2D eigenvalue weighted by atomic mass is 9.71. The molecule has 1 saturated carbocycles. The Morgan fingerprint density at radius 2 is 2.10 bits per heavy atom. The zero-order valence-electron chi connectivity index (χ0n) is 13.1. The molecule has 1 aromatic heterocycles. The van der Waals surface area contributed by atoms with E-state index in [-0.39, 0.29) is 10.5 Å². The summed E-state index contributed by atoms with van der Waals surface area (Å²) in [5.41, 5.74) is 0.182. The Hall–Kier alpha value is -1.10. The van der Waals surface area contributed by atoms with Crippen molar-refractivity contribution >= 4 is 9.84 Å². The molecule has 2 rings (SSSR count). The van der Waals surface area contributed by atoms with Gasteiger partial charge in [-0.05, 0) is 36.7 Å². The summed E-state index contributed by atoms with van der Waals surface area (Å²) in [4.78, 5) is 12.1. The van der Waals surface area contributed by atoms with Crippen molar-refractivity contribution < 1.29 is 8.42 Å². The summed E-state index contributed by atoms with van der Waals surface area (Å²) in [6, 6.07) is 2.74. The van der Waals surface area contributed by atoms with Crippen molar-refractivity contribution in [1.82, 2.24) is 4.57 Å². The van der Waals surface area contributed by atoms with E-state index in [1.54, 1.807) is 10.8 Å². The SMILES string of the molecule is CC1(C)CCCC(CCn2ccc(S(C)(=O)=O)cc2=O)C1. The molecule has 1 unspecified atom stereocenters. The Morgan fingerprint density at radius 3 is 2.67 bits per heavy atom. The lowest BCUT2D eigenvalue weighted by molar-refractivity contribution is 0.169. The van der Waals surface area contributed by atoms with Gasteiger partial charge in [0.05, 0.1) is 4.90 Å². The van der Waals surface area contributed by atoms with Gasteiger partial charge < -0.3 is 4.57 Å². The first-order chi connectivity index (χ1) is 9.67. The van der Waals surface area contributed by atoms with Gasteiger partial charge in [0.25, 0.3) is 5.56 Å². The lowest BCUT2D eigenvalue weighted by Gasteiger charge is -2.35. The van der Waals surface area contributed by atoms with Gasteiger partial charge in [0.15, 0.2) is 9.84 Å². The Kier molecular flexibility index (Phi) is 4.61. The fourth-order valence-corrected chi connectivity index (χ4v) is 3.95. The number of nitrogens with zero attached hydrogens (tertiary/aromatic N) is 1. The van der Waals surface area contributed by atoms with Crippen molar-refractivity contribution in [2.45, 2.75) is 57.4 Å². The monoisotopic (exact) mass is 311 g/mol. The molecule has 0 saturated heterocycles. The standard InChI is InChI=1S/C16H25NO3S/c1-16(2)8-4-5-13(12-16)6-9-17-10-7-14(11-15(17)18)21(3,19)20/h7,10-11,13H,4-6,8-9,12H2,1-3H3. The summed E-state index contributed by atoms with van der Waals surface area (Å²) in [6.07, 6.45) is 8.71. The molecule has 1 heterocycles. The molecule has 21 heavy (non-hydrogen) atoms. The summed E-state index contributed by atoms with van der Waals surface area (Å²) in [5.74, 6) is 0.662. The van der Waals surface area contributed by atoms with Gasteiger partial charge in [-0.2, -0.15) is 0 Å². The van der Waals surface area contributed by atoms with Gasteiger partial charge in [0, 0.05) is 25.1 Å². The van der Waals surface area contributed by atoms with E-state index in [4.69, 9.17) is 0 Å². The first kappa shape index (κ1) is 16.3. The molecule has 0 aromatic carbocycles. The van der Waals surface area contributed by atoms with Crippen molar-refractivity contribution in [2.24, 2.45) is 11.3 Å². The smallest absolute Gasteiger partial charge is 0.251 e. The van der Waals surface area contributed by atoms with Gasteiger partial charge >= 0.3 is 0 Å². The van der Waals surface area contributed by atoms with Crippen LogP contribution in [0, 0.1) is 11.3 Å². The number of sulfone groups is 1. The van der Waals surface area contributed by atoms with Gasteiger partial charge in [0.2, 0.25) is 0 Å². The highest BCUT2D eigenvalue weighted by atomic mass is 32.2. The molecule has 1 atom stereocenters. The zero-order valence-corrected chi connectivity index (χ0v) is 13.9. The normalized spacial score (nSPS) is 22.1. The Bertz CT molecular complexity index is 658. The molecule has 4 nitrogen and oxygen atoms in total. The second-order valence-corrected chi connectivity index (χ2v) is 9.10. The van der Waals surface area contributed by atoms with Gasteiger partial charge in [-0.3, -0.25) is 4.79 Å². The number of aryl methyl sites for hydroxylation is 1. The molecule has 1 aromatic rings. The van der Waals surface area contributed by atoms with Crippen molar-refractivity contribution in [3.05, 3.63) is 28.7 Å². The average molecular weight is 311 g/mol. The van der Waals surface area contributed by atoms with E-state index < -0.39 is 9.84 Å². The zero-order chi connectivity index (χ0) is 15.7. The van der Waals surface area contributed by atoms with Gasteiger partial charge in [-0.25, -0.2) is 8.42 Å². The van der Waals surface area contributed by atoms with Crippen LogP contribution in [-0.2, 0) is 16.4 Å². The molecule has 1 aliphatic rings. The fraction of sp³-hybridized carbons (Fsp3) is 0.688. The number of pyridine rings is 1. The third-order valence-corrected chi connectivity index (χ3v) is 5.59. The Labute approximate surface area is 127 Å². The van der Waals surface area contributed by atoms with Crippen molar-refractivity contribution in [3.8, 4) is 0 Å². The number of aromatic nitrogens is 1. The van der Waals surface area contributed by atoms with Crippen LogP contribution in [0.4, 0.5) is 0 Å². The predicted molar refractivity (Wildman–Crippen MR) is 84.2 cm³/mol. The molecule has 5 heteroatoms. The highest BCUT2D eigenvalue weighted by Crippen LogP contribution is 2.39. The highest BCUT2D eigenvalue weighted by molar-refractivity contribution is 7.90. The second-order valence-electron chi connectivity index (χ2n) is 7.08. The highest BCUT2D eigenvalue weighted by Gasteiger charge is 2.27. The Balaban J connectivity index is 2.03. The maximum Gasteiger partial charge on any atom is 0.251 e. The Morgan fingerprint density at radius 1 is 1.38 bits per heavy atom. The van der Waals surface area contributed by atoms with E-state index in [0.717, 1.165) is 12.7 Å². The van der Waals surface area contributed by atoms with E-state index in [0.29, 0.717) is 17.9 Å². The van der Waals surface area contributed by atoms with Crippen LogP contribution in [0.5, 0.6) is 0 Å². The molecule has 1 aliphatic carbocycles. The second kappa shape index (κ2) is 5.95. The van der Waals surface area contributed by atoms with E-state index >= 15 is 0 Å². The van der Waals surface area contributed by atoms with Crippen LogP contribution in [0.3, 0.4) is 0 Å². The summed E-state index contributed by atoms with van der Waals surface area (Å²) in [5, 5.41) is 0. The van der Waals surface area contributed by atoms with E-state index in [1.807, 2.05) is 0 Å². The van der Waals surface area contributed by atoms with Crippen LogP contribution in [0.25, 0.3) is 0 Å². The third kappa shape index (κ3) is 4.43. The maximum absolute atomic E-state index is 12.0. The third-order valence-electron chi connectivity index (χ3n) is 4.48. The minimum atomic E-state index is -3.31. The first-order valence-corrected chi connectivity index (χ1v) is 9.47. The molecule has 0 amide bonds. The summed E-state index contributed by atoms with van der Waals surface area (Å²) >= 11 is 0. The molecular weight excluding hydrogens is 286 g/mol. The van der Waals surface area contributed by atoms with Crippen LogP contribution in [-0.4, -0.2) is 19.2 Å². The van der Waals surface area contributed by atoms with E-state index in [1.165, 1.54) is 37.8 Å². The molecule has 1 fully saturated rings. The quantitative estimate of drug-likeness (QED) is 0.859. The first-order valence-electron chi connectivity index (χ1n) is 7.58. The van der Waals surface area contributed by atoms with Crippen LogP contribution in [0.1, 0.15) is 46.0 Å². The van der Waals surface area contributed by atoms with Gasteiger partial charge in [-0.1, -0.05) is 26.7 Å². The summed E-state index contributed by atoms with van der Waals surface area (Å²) in [6.45, 7) is 5.29. The molecule has 0 N–H and O–H groups in total. The molecule has 0 spiro atoms. The number of hydrogen-bond donors (Lipinski definition) is 0. The van der Waals surface area contributed by atoms with Crippen molar-refractivity contribution in [1.29, 1.82) is 0 Å². The fourth-order valence-electron chi connectivity index (χ4n) is 3.33. The van der Waals surface area contributed by atoms with Crippen molar-refractivity contribution in [2.75, 3.05) is 6.26 Å². The minimum absolute atomic E-state index is 0.0996. The lowest BCUT2D eigenvalue weighted by Crippen LogP contribution is -2.26. The minimum Gasteiger partial charge on any atom is -0.315 e. The predicted octanol–water partition coefficient (Wildman–Crippen LogP) is 2.86. The van der Waals surface area contributed by atoms with Crippen LogP contribution >= 0.6 is 0 Å². The average Bonchev–Trinajstić information content (AvgIpc) is 2.35. The molecule has 0 radical (unpaired) electrons. The molecule has 118 valence electrons. The van der Waals surface area contributed by atoms with Crippen molar-refractivity contribution in [3.63, 3.8) is 0 Å². The summed E-state index contributed by atoms with van der Waals surface area (Å²) < 4.78 is 24.5. The van der Waals surface area contributed by atoms with Gasteiger partial charge in [-0.15, -0.1) is 0 Å². The number of hydrogen-bond acceptors (Lipinski definition) is 3. The van der Waals surface area contributed by atoms with E-state index in [9.17, 15) is 13.2 Å². The number of rotatable bonds is 4. The maximum atomic E-state index is 12.0.